The number of carbonyl (C=O) groups is 1. The normalized spacial score (nSPS) is 11.6. The standard InChI is InChI=1S/C14H21NO3S/c1-11(2)12-6-8-13(9-7-12)15-14(16)5-4-10-19(3,17)18/h6-9,11H,4-5,10H2,1-3H3,(H,15,16). The van der Waals surface area contributed by atoms with Crippen LogP contribution in [0.5, 0.6) is 0 Å². The van der Waals surface area contributed by atoms with Crippen molar-refractivity contribution >= 4 is 21.4 Å². The summed E-state index contributed by atoms with van der Waals surface area (Å²) in [6, 6.07) is 7.70. The Balaban J connectivity index is 2.44. The van der Waals surface area contributed by atoms with Gasteiger partial charge in [-0.05, 0) is 30.0 Å². The number of hydrogen-bond acceptors (Lipinski definition) is 3. The van der Waals surface area contributed by atoms with Crippen molar-refractivity contribution in [3.05, 3.63) is 29.8 Å². The van der Waals surface area contributed by atoms with Gasteiger partial charge in [-0.15, -0.1) is 0 Å². The Bertz CT molecular complexity index is 518. The van der Waals surface area contributed by atoms with E-state index in [4.69, 9.17) is 0 Å². The third-order valence-electron chi connectivity index (χ3n) is 2.78. The van der Waals surface area contributed by atoms with Gasteiger partial charge in [0.25, 0.3) is 0 Å². The molecule has 19 heavy (non-hydrogen) atoms. The number of sulfone groups is 1. The highest BCUT2D eigenvalue weighted by molar-refractivity contribution is 7.90. The van der Waals surface area contributed by atoms with Crippen LogP contribution >= 0.6 is 0 Å². The second-order valence-corrected chi connectivity index (χ2v) is 7.32. The molecule has 1 aromatic carbocycles. The minimum Gasteiger partial charge on any atom is -0.326 e. The van der Waals surface area contributed by atoms with E-state index in [1.807, 2.05) is 24.3 Å². The van der Waals surface area contributed by atoms with E-state index in [1.165, 1.54) is 11.8 Å². The SMILES string of the molecule is CC(C)c1ccc(NC(=O)CCCS(C)(=O)=O)cc1. The molecule has 0 aliphatic carbocycles. The lowest BCUT2D eigenvalue weighted by molar-refractivity contribution is -0.116. The fourth-order valence-corrected chi connectivity index (χ4v) is 2.34. The average molecular weight is 283 g/mol. The molecule has 0 saturated heterocycles. The molecule has 1 aromatic rings. The number of anilines is 1. The molecule has 0 aromatic heterocycles. The van der Waals surface area contributed by atoms with Crippen molar-refractivity contribution in [2.45, 2.75) is 32.6 Å². The van der Waals surface area contributed by atoms with Crippen molar-refractivity contribution < 1.29 is 13.2 Å². The maximum atomic E-state index is 11.6. The van der Waals surface area contributed by atoms with E-state index in [0.717, 1.165) is 5.69 Å². The Morgan fingerprint density at radius 2 is 1.79 bits per heavy atom. The van der Waals surface area contributed by atoms with Gasteiger partial charge in [-0.25, -0.2) is 8.42 Å². The van der Waals surface area contributed by atoms with Crippen LogP contribution < -0.4 is 5.32 Å². The zero-order valence-corrected chi connectivity index (χ0v) is 12.5. The van der Waals surface area contributed by atoms with Crippen molar-refractivity contribution in [1.82, 2.24) is 0 Å². The molecule has 4 nitrogen and oxygen atoms in total. The van der Waals surface area contributed by atoms with Crippen LogP contribution in [-0.2, 0) is 14.6 Å². The summed E-state index contributed by atoms with van der Waals surface area (Å²) in [5.74, 6) is 0.354. The highest BCUT2D eigenvalue weighted by Gasteiger charge is 2.06. The van der Waals surface area contributed by atoms with E-state index in [-0.39, 0.29) is 18.1 Å². The highest BCUT2D eigenvalue weighted by Crippen LogP contribution is 2.17. The molecular formula is C14H21NO3S. The van der Waals surface area contributed by atoms with Gasteiger partial charge in [0.2, 0.25) is 5.91 Å². The molecule has 0 radical (unpaired) electrons. The van der Waals surface area contributed by atoms with E-state index in [1.54, 1.807) is 0 Å². The molecule has 0 aliphatic heterocycles. The summed E-state index contributed by atoms with van der Waals surface area (Å²) in [4.78, 5) is 11.6. The first-order valence-corrected chi connectivity index (χ1v) is 8.41. The molecule has 0 saturated carbocycles. The van der Waals surface area contributed by atoms with Gasteiger partial charge in [0, 0.05) is 18.4 Å². The Labute approximate surface area is 115 Å². The van der Waals surface area contributed by atoms with Gasteiger partial charge >= 0.3 is 0 Å². The fourth-order valence-electron chi connectivity index (χ4n) is 1.67. The van der Waals surface area contributed by atoms with Crippen molar-refractivity contribution in [1.29, 1.82) is 0 Å². The van der Waals surface area contributed by atoms with Gasteiger partial charge in [-0.1, -0.05) is 26.0 Å². The third kappa shape index (κ3) is 6.38. The Morgan fingerprint density at radius 3 is 2.26 bits per heavy atom. The molecule has 0 aliphatic rings. The second-order valence-electron chi connectivity index (χ2n) is 5.06. The smallest absolute Gasteiger partial charge is 0.224 e. The largest absolute Gasteiger partial charge is 0.326 e. The molecule has 1 amide bonds. The maximum absolute atomic E-state index is 11.6. The Kier molecular flexibility index (Phi) is 5.54. The van der Waals surface area contributed by atoms with Crippen LogP contribution in [0.2, 0.25) is 0 Å². The Hall–Kier alpha value is -1.36. The molecule has 0 fully saturated rings. The van der Waals surface area contributed by atoms with Gasteiger partial charge in [-0.3, -0.25) is 4.79 Å². The van der Waals surface area contributed by atoms with Crippen LogP contribution in [0.3, 0.4) is 0 Å². The lowest BCUT2D eigenvalue weighted by Crippen LogP contribution is -2.13. The summed E-state index contributed by atoms with van der Waals surface area (Å²) in [6.07, 6.45) is 1.75. The van der Waals surface area contributed by atoms with E-state index < -0.39 is 9.84 Å². The van der Waals surface area contributed by atoms with Crippen LogP contribution in [0.1, 0.15) is 38.2 Å². The summed E-state index contributed by atoms with van der Waals surface area (Å²) in [5, 5.41) is 2.76. The summed E-state index contributed by atoms with van der Waals surface area (Å²) < 4.78 is 21.9. The molecule has 106 valence electrons. The van der Waals surface area contributed by atoms with E-state index >= 15 is 0 Å². The van der Waals surface area contributed by atoms with E-state index in [9.17, 15) is 13.2 Å². The topological polar surface area (TPSA) is 63.2 Å². The number of hydrogen-bond donors (Lipinski definition) is 1. The first-order valence-electron chi connectivity index (χ1n) is 6.35. The first-order chi connectivity index (χ1) is 8.78. The average Bonchev–Trinajstić information content (AvgIpc) is 2.27. The number of rotatable bonds is 6. The predicted octanol–water partition coefficient (Wildman–Crippen LogP) is 2.57. The monoisotopic (exact) mass is 283 g/mol. The molecule has 0 spiro atoms. The van der Waals surface area contributed by atoms with Gasteiger partial charge < -0.3 is 5.32 Å². The summed E-state index contributed by atoms with van der Waals surface area (Å²) in [6.45, 7) is 4.22. The van der Waals surface area contributed by atoms with Gasteiger partial charge in [0.1, 0.15) is 9.84 Å². The van der Waals surface area contributed by atoms with Crippen molar-refractivity contribution in [3.8, 4) is 0 Å². The summed E-state index contributed by atoms with van der Waals surface area (Å²) in [5.41, 5.74) is 1.96. The van der Waals surface area contributed by atoms with Crippen LogP contribution in [-0.4, -0.2) is 26.3 Å². The van der Waals surface area contributed by atoms with Crippen molar-refractivity contribution in [3.63, 3.8) is 0 Å². The van der Waals surface area contributed by atoms with Crippen LogP contribution in [0, 0.1) is 0 Å². The van der Waals surface area contributed by atoms with Gasteiger partial charge in [-0.2, -0.15) is 0 Å². The maximum Gasteiger partial charge on any atom is 0.224 e. The van der Waals surface area contributed by atoms with Gasteiger partial charge in [0.05, 0.1) is 5.75 Å². The lowest BCUT2D eigenvalue weighted by Gasteiger charge is -2.08. The number of carbonyl (C=O) groups excluding carboxylic acids is 1. The van der Waals surface area contributed by atoms with Crippen molar-refractivity contribution in [2.75, 3.05) is 17.3 Å². The van der Waals surface area contributed by atoms with E-state index in [0.29, 0.717) is 12.3 Å². The zero-order chi connectivity index (χ0) is 14.5. The zero-order valence-electron chi connectivity index (χ0n) is 11.6. The van der Waals surface area contributed by atoms with Crippen LogP contribution in [0.4, 0.5) is 5.69 Å². The quantitative estimate of drug-likeness (QED) is 0.872. The molecule has 0 bridgehead atoms. The lowest BCUT2D eigenvalue weighted by atomic mass is 10.0. The van der Waals surface area contributed by atoms with Gasteiger partial charge in [0.15, 0.2) is 0 Å². The summed E-state index contributed by atoms with van der Waals surface area (Å²) >= 11 is 0. The second kappa shape index (κ2) is 6.70. The highest BCUT2D eigenvalue weighted by atomic mass is 32.2. The molecule has 0 heterocycles. The predicted molar refractivity (Wildman–Crippen MR) is 78.1 cm³/mol. The molecule has 1 rings (SSSR count). The number of amides is 1. The minimum absolute atomic E-state index is 0.0483. The summed E-state index contributed by atoms with van der Waals surface area (Å²) in [7, 11) is -2.99. The molecule has 1 N–H and O–H groups in total. The Morgan fingerprint density at radius 1 is 1.21 bits per heavy atom. The molecule has 0 atom stereocenters. The minimum atomic E-state index is -2.99. The van der Waals surface area contributed by atoms with Crippen LogP contribution in [0.15, 0.2) is 24.3 Å². The van der Waals surface area contributed by atoms with Crippen molar-refractivity contribution in [2.24, 2.45) is 0 Å². The first kappa shape index (κ1) is 15.7. The molecule has 5 heteroatoms. The number of benzene rings is 1. The fraction of sp³-hybridized carbons (Fsp3) is 0.500. The number of nitrogens with one attached hydrogen (secondary N) is 1. The van der Waals surface area contributed by atoms with Crippen LogP contribution in [0.25, 0.3) is 0 Å². The molecular weight excluding hydrogens is 262 g/mol. The molecule has 0 unspecified atom stereocenters. The third-order valence-corrected chi connectivity index (χ3v) is 3.81. The van der Waals surface area contributed by atoms with E-state index in [2.05, 4.69) is 19.2 Å².